The van der Waals surface area contributed by atoms with E-state index in [1.807, 2.05) is 7.05 Å². The van der Waals surface area contributed by atoms with E-state index in [4.69, 9.17) is 5.21 Å². The molecule has 2 aliphatic rings. The number of Topliss-reactive ketones (excluding diaryl/α,β-unsaturated/α-hetero) is 1. The van der Waals surface area contributed by atoms with Gasteiger partial charge in [0.1, 0.15) is 5.71 Å². The second-order valence-corrected chi connectivity index (χ2v) is 3.52. The van der Waals surface area contributed by atoms with Crippen molar-refractivity contribution >= 4 is 11.5 Å². The lowest BCUT2D eigenvalue weighted by Gasteiger charge is -2.30. The first-order chi connectivity index (χ1) is 5.74. The van der Waals surface area contributed by atoms with Gasteiger partial charge in [0.15, 0.2) is 5.78 Å². The van der Waals surface area contributed by atoms with Crippen molar-refractivity contribution in [2.24, 2.45) is 5.16 Å². The van der Waals surface area contributed by atoms with E-state index in [0.717, 1.165) is 12.8 Å². The van der Waals surface area contributed by atoms with E-state index < -0.39 is 0 Å². The highest BCUT2D eigenvalue weighted by molar-refractivity contribution is 6.42. The molecular weight excluding hydrogens is 156 g/mol. The van der Waals surface area contributed by atoms with Gasteiger partial charge in [-0.2, -0.15) is 0 Å². The van der Waals surface area contributed by atoms with Gasteiger partial charge in [-0.15, -0.1) is 0 Å². The minimum Gasteiger partial charge on any atom is -0.410 e. The summed E-state index contributed by atoms with van der Waals surface area (Å²) in [5, 5.41) is 11.7. The van der Waals surface area contributed by atoms with Gasteiger partial charge in [0.2, 0.25) is 0 Å². The van der Waals surface area contributed by atoms with Gasteiger partial charge in [0.05, 0.1) is 6.04 Å². The van der Waals surface area contributed by atoms with Crippen LogP contribution in [0.25, 0.3) is 0 Å². The van der Waals surface area contributed by atoms with E-state index in [2.05, 4.69) is 10.1 Å². The number of nitrogens with zero attached hydrogens (tertiary/aromatic N) is 2. The fraction of sp³-hybridized carbons (Fsp3) is 0.750. The topological polar surface area (TPSA) is 52.9 Å². The van der Waals surface area contributed by atoms with Crippen molar-refractivity contribution in [1.82, 2.24) is 4.90 Å². The SMILES string of the molecule is CN1C2CCC1/C(=N\O)C(=O)C2. The molecule has 1 N–H and O–H groups in total. The van der Waals surface area contributed by atoms with E-state index in [-0.39, 0.29) is 11.8 Å². The van der Waals surface area contributed by atoms with E-state index in [9.17, 15) is 4.79 Å². The highest BCUT2D eigenvalue weighted by Crippen LogP contribution is 2.30. The number of ketones is 1. The molecule has 2 atom stereocenters. The van der Waals surface area contributed by atoms with Crippen LogP contribution in [-0.4, -0.2) is 40.7 Å². The zero-order valence-electron chi connectivity index (χ0n) is 7.03. The molecule has 0 spiro atoms. The zero-order valence-corrected chi connectivity index (χ0v) is 7.03. The average molecular weight is 168 g/mol. The van der Waals surface area contributed by atoms with E-state index in [1.54, 1.807) is 0 Å². The fourth-order valence-electron chi connectivity index (χ4n) is 2.21. The van der Waals surface area contributed by atoms with Crippen LogP contribution in [0.3, 0.4) is 0 Å². The van der Waals surface area contributed by atoms with Crippen LogP contribution >= 0.6 is 0 Å². The van der Waals surface area contributed by atoms with Crippen molar-refractivity contribution in [2.75, 3.05) is 7.05 Å². The first-order valence-corrected chi connectivity index (χ1v) is 4.21. The molecule has 0 amide bonds. The summed E-state index contributed by atoms with van der Waals surface area (Å²) in [7, 11) is 1.99. The Morgan fingerprint density at radius 2 is 2.33 bits per heavy atom. The van der Waals surface area contributed by atoms with Gasteiger partial charge >= 0.3 is 0 Å². The summed E-state index contributed by atoms with van der Waals surface area (Å²) in [6, 6.07) is 0.453. The van der Waals surface area contributed by atoms with Crippen molar-refractivity contribution in [3.8, 4) is 0 Å². The molecule has 2 unspecified atom stereocenters. The second-order valence-electron chi connectivity index (χ2n) is 3.52. The number of fused-ring (bicyclic) bond motifs is 2. The maximum atomic E-state index is 11.3. The van der Waals surface area contributed by atoms with Crippen LogP contribution in [0.1, 0.15) is 19.3 Å². The van der Waals surface area contributed by atoms with Crippen LogP contribution in [0.2, 0.25) is 0 Å². The molecule has 4 heteroatoms. The Labute approximate surface area is 70.8 Å². The third kappa shape index (κ3) is 0.876. The monoisotopic (exact) mass is 168 g/mol. The van der Waals surface area contributed by atoms with Gasteiger partial charge in [0.25, 0.3) is 0 Å². The van der Waals surface area contributed by atoms with Crippen LogP contribution in [0, 0.1) is 0 Å². The lowest BCUT2D eigenvalue weighted by Crippen LogP contribution is -2.47. The molecule has 2 saturated heterocycles. The molecule has 2 bridgehead atoms. The molecule has 2 rings (SSSR count). The molecule has 12 heavy (non-hydrogen) atoms. The molecule has 0 saturated carbocycles. The minimum atomic E-state index is 0.0168. The summed E-state index contributed by atoms with van der Waals surface area (Å²) in [5.74, 6) is 0.0168. The Hall–Kier alpha value is -0.900. The zero-order chi connectivity index (χ0) is 8.72. The molecule has 4 nitrogen and oxygen atoms in total. The third-order valence-electron chi connectivity index (χ3n) is 2.97. The lowest BCUT2D eigenvalue weighted by atomic mass is 10.0. The molecule has 2 aliphatic heterocycles. The summed E-state index contributed by atoms with van der Waals surface area (Å²) in [5.41, 5.74) is 0.353. The molecule has 0 radical (unpaired) electrons. The maximum Gasteiger partial charge on any atom is 0.183 e. The van der Waals surface area contributed by atoms with E-state index in [0.29, 0.717) is 18.2 Å². The van der Waals surface area contributed by atoms with Crippen molar-refractivity contribution in [1.29, 1.82) is 0 Å². The summed E-state index contributed by atoms with van der Waals surface area (Å²) in [6.07, 6.45) is 2.52. The quantitative estimate of drug-likeness (QED) is 0.416. The van der Waals surface area contributed by atoms with Crippen LogP contribution in [-0.2, 0) is 4.79 Å². The predicted molar refractivity (Wildman–Crippen MR) is 43.4 cm³/mol. The number of piperidine rings is 1. The number of oxime groups is 1. The first kappa shape index (κ1) is 7.73. The standard InChI is InChI=1S/C8H12N2O2/c1-10-5-2-3-6(10)8(9-12)7(11)4-5/h5-6,12H,2-4H2,1H3/b9-8+. The number of rotatable bonds is 0. The van der Waals surface area contributed by atoms with Crippen LogP contribution < -0.4 is 0 Å². The van der Waals surface area contributed by atoms with Crippen molar-refractivity contribution in [3.05, 3.63) is 0 Å². The molecule has 66 valence electrons. The van der Waals surface area contributed by atoms with Gasteiger partial charge in [-0.05, 0) is 19.9 Å². The summed E-state index contributed by atoms with van der Waals surface area (Å²) in [6.45, 7) is 0. The van der Waals surface area contributed by atoms with E-state index >= 15 is 0 Å². The number of carbonyl (C=O) groups is 1. The Morgan fingerprint density at radius 3 is 3.00 bits per heavy atom. The Kier molecular flexibility index (Phi) is 1.65. The Morgan fingerprint density at radius 1 is 1.58 bits per heavy atom. The van der Waals surface area contributed by atoms with Crippen molar-refractivity contribution in [2.45, 2.75) is 31.3 Å². The van der Waals surface area contributed by atoms with Crippen LogP contribution in [0.5, 0.6) is 0 Å². The number of carbonyl (C=O) groups excluding carboxylic acids is 1. The molecule has 2 fully saturated rings. The predicted octanol–water partition coefficient (Wildman–Crippen LogP) is 0.252. The molecule has 0 aliphatic carbocycles. The Bertz CT molecular complexity index is 249. The summed E-state index contributed by atoms with van der Waals surface area (Å²) in [4.78, 5) is 13.4. The lowest BCUT2D eigenvalue weighted by molar-refractivity contribution is -0.115. The molecular formula is C8H12N2O2. The number of hydrogen-bond acceptors (Lipinski definition) is 4. The normalized spacial score (nSPS) is 39.4. The van der Waals surface area contributed by atoms with Gasteiger partial charge in [-0.1, -0.05) is 5.16 Å². The average Bonchev–Trinajstić information content (AvgIpc) is 2.34. The van der Waals surface area contributed by atoms with Gasteiger partial charge in [-0.3, -0.25) is 9.69 Å². The van der Waals surface area contributed by atoms with Gasteiger partial charge < -0.3 is 5.21 Å². The van der Waals surface area contributed by atoms with Gasteiger partial charge in [0, 0.05) is 12.5 Å². The summed E-state index contributed by atoms with van der Waals surface area (Å²) >= 11 is 0. The molecule has 0 aromatic rings. The second kappa shape index (κ2) is 2.55. The van der Waals surface area contributed by atoms with Crippen molar-refractivity contribution in [3.63, 3.8) is 0 Å². The van der Waals surface area contributed by atoms with Gasteiger partial charge in [-0.25, -0.2) is 0 Å². The highest BCUT2D eigenvalue weighted by Gasteiger charge is 2.42. The summed E-state index contributed by atoms with van der Waals surface area (Å²) < 4.78 is 0. The minimum absolute atomic E-state index is 0.0168. The number of hydrogen-bond donors (Lipinski definition) is 1. The largest absolute Gasteiger partial charge is 0.410 e. The molecule has 0 aromatic heterocycles. The molecule has 0 aromatic carbocycles. The van der Waals surface area contributed by atoms with E-state index in [1.165, 1.54) is 0 Å². The molecule has 2 heterocycles. The van der Waals surface area contributed by atoms with Crippen molar-refractivity contribution < 1.29 is 10.0 Å². The van der Waals surface area contributed by atoms with Crippen LogP contribution in [0.15, 0.2) is 5.16 Å². The highest BCUT2D eigenvalue weighted by atomic mass is 16.4. The van der Waals surface area contributed by atoms with Crippen LogP contribution in [0.4, 0.5) is 0 Å². The Balaban J connectivity index is 2.32. The fourth-order valence-corrected chi connectivity index (χ4v) is 2.21. The third-order valence-corrected chi connectivity index (χ3v) is 2.97. The first-order valence-electron chi connectivity index (χ1n) is 4.21. The smallest absolute Gasteiger partial charge is 0.183 e. The maximum absolute atomic E-state index is 11.3.